The van der Waals surface area contributed by atoms with Crippen molar-refractivity contribution in [3.8, 4) is 5.75 Å². The molecule has 1 amide bonds. The lowest BCUT2D eigenvalue weighted by molar-refractivity contribution is -0.122. The molecule has 1 saturated heterocycles. The molecule has 1 aliphatic heterocycles. The van der Waals surface area contributed by atoms with E-state index in [9.17, 15) is 14.3 Å². The van der Waals surface area contributed by atoms with Crippen LogP contribution in [0.15, 0.2) is 86.5 Å². The lowest BCUT2D eigenvalue weighted by Crippen LogP contribution is -2.28. The third-order valence-electron chi connectivity index (χ3n) is 4.25. The average Bonchev–Trinajstić information content (AvgIpc) is 3.35. The molecule has 0 saturated carbocycles. The zero-order chi connectivity index (χ0) is 20.9. The molecule has 0 unspecified atom stereocenters. The van der Waals surface area contributed by atoms with Crippen LogP contribution in [0.1, 0.15) is 16.9 Å². The van der Waals surface area contributed by atoms with Gasteiger partial charge in [0.2, 0.25) is 0 Å². The fourth-order valence-corrected chi connectivity index (χ4v) is 3.68. The first-order chi connectivity index (χ1) is 14.6. The van der Waals surface area contributed by atoms with Crippen molar-refractivity contribution in [3.05, 3.63) is 94.5 Å². The summed E-state index contributed by atoms with van der Waals surface area (Å²) in [6, 6.07) is 16.4. The number of carbonyl (C=O) groups excluding carboxylic acids is 1. The first-order valence-electron chi connectivity index (χ1n) is 8.99. The van der Waals surface area contributed by atoms with E-state index in [2.05, 4.69) is 10.2 Å². The van der Waals surface area contributed by atoms with Crippen LogP contribution < -0.4 is 0 Å². The minimum absolute atomic E-state index is 0.0733. The molecule has 4 rings (SSSR count). The smallest absolute Gasteiger partial charge is 0.267 e. The van der Waals surface area contributed by atoms with Gasteiger partial charge in [-0.3, -0.25) is 9.69 Å². The topological polar surface area (TPSA) is 78.4 Å². The molecule has 0 atom stereocenters. The maximum atomic E-state index is 14.0. The number of furan rings is 1. The second-order valence-electron chi connectivity index (χ2n) is 6.29. The maximum Gasteiger partial charge on any atom is 0.267 e. The molecule has 0 bridgehead atoms. The van der Waals surface area contributed by atoms with Gasteiger partial charge in [0, 0.05) is 11.1 Å². The quantitative estimate of drug-likeness (QED) is 0.370. The first kappa shape index (κ1) is 19.7. The summed E-state index contributed by atoms with van der Waals surface area (Å²) in [6.07, 6.45) is 4.41. The van der Waals surface area contributed by atoms with Crippen LogP contribution >= 0.6 is 11.8 Å². The Labute approximate surface area is 176 Å². The Morgan fingerprint density at radius 3 is 2.57 bits per heavy atom. The van der Waals surface area contributed by atoms with Crippen molar-refractivity contribution in [3.63, 3.8) is 0 Å². The lowest BCUT2D eigenvalue weighted by atomic mass is 10.2. The molecule has 2 heterocycles. The average molecular weight is 421 g/mol. The summed E-state index contributed by atoms with van der Waals surface area (Å²) < 4.78 is 19.4. The Balaban J connectivity index is 1.65. The first-order valence-corrected chi connectivity index (χ1v) is 9.81. The molecule has 8 heteroatoms. The van der Waals surface area contributed by atoms with E-state index < -0.39 is 5.82 Å². The van der Waals surface area contributed by atoms with Gasteiger partial charge in [0.1, 0.15) is 17.3 Å². The van der Waals surface area contributed by atoms with Crippen molar-refractivity contribution >= 4 is 35.1 Å². The number of amides is 1. The molecule has 30 heavy (non-hydrogen) atoms. The Morgan fingerprint density at radius 1 is 1.07 bits per heavy atom. The van der Waals surface area contributed by atoms with Crippen LogP contribution in [0.3, 0.4) is 0 Å². The van der Waals surface area contributed by atoms with Gasteiger partial charge in [-0.2, -0.15) is 5.10 Å². The Morgan fingerprint density at radius 2 is 1.83 bits per heavy atom. The van der Waals surface area contributed by atoms with E-state index >= 15 is 0 Å². The van der Waals surface area contributed by atoms with Crippen LogP contribution in [0, 0.1) is 5.82 Å². The van der Waals surface area contributed by atoms with Crippen molar-refractivity contribution in [1.82, 2.24) is 4.90 Å². The summed E-state index contributed by atoms with van der Waals surface area (Å²) in [4.78, 5) is 14.7. The molecule has 150 valence electrons. The number of rotatable bonds is 5. The Hall–Kier alpha value is -3.65. The highest BCUT2D eigenvalue weighted by atomic mass is 32.2. The standard InChI is InChI=1S/C22H16FN3O3S/c23-18-9-3-1-6-15(18)12-20-21(28)26(14-17-8-5-11-29-17)22(30-20)25-24-13-16-7-2-4-10-19(16)27/h1-13,27H,14H2/b20-12-,24-13+,25-22-. The number of phenols is 1. The second kappa shape index (κ2) is 8.79. The van der Waals surface area contributed by atoms with Crippen LogP contribution in [-0.2, 0) is 11.3 Å². The van der Waals surface area contributed by atoms with Crippen molar-refractivity contribution in [2.24, 2.45) is 10.2 Å². The zero-order valence-corrected chi connectivity index (χ0v) is 16.4. The van der Waals surface area contributed by atoms with Gasteiger partial charge in [0.25, 0.3) is 5.91 Å². The number of thioether (sulfide) groups is 1. The number of benzene rings is 2. The number of carbonyl (C=O) groups is 1. The predicted molar refractivity (Wildman–Crippen MR) is 114 cm³/mol. The fourth-order valence-electron chi connectivity index (χ4n) is 2.75. The molecule has 1 aromatic heterocycles. The molecule has 0 aliphatic carbocycles. The van der Waals surface area contributed by atoms with Gasteiger partial charge in [-0.15, -0.1) is 5.10 Å². The third kappa shape index (κ3) is 4.33. The van der Waals surface area contributed by atoms with Gasteiger partial charge in [0.05, 0.1) is 23.9 Å². The summed E-state index contributed by atoms with van der Waals surface area (Å²) in [5, 5.41) is 18.3. The van der Waals surface area contributed by atoms with Crippen molar-refractivity contribution in [1.29, 1.82) is 0 Å². The number of hydrogen-bond acceptors (Lipinski definition) is 6. The van der Waals surface area contributed by atoms with Gasteiger partial charge in [0.15, 0.2) is 5.17 Å². The Bertz CT molecular complexity index is 1160. The maximum absolute atomic E-state index is 14.0. The summed E-state index contributed by atoms with van der Waals surface area (Å²) in [5.41, 5.74) is 0.807. The number of hydrogen-bond donors (Lipinski definition) is 1. The van der Waals surface area contributed by atoms with Crippen LogP contribution in [0.2, 0.25) is 0 Å². The molecule has 6 nitrogen and oxygen atoms in total. The van der Waals surface area contributed by atoms with E-state index in [1.165, 1.54) is 29.5 Å². The van der Waals surface area contributed by atoms with Crippen LogP contribution in [0.25, 0.3) is 6.08 Å². The number of amidine groups is 1. The van der Waals surface area contributed by atoms with Crippen molar-refractivity contribution in [2.75, 3.05) is 0 Å². The van der Waals surface area contributed by atoms with E-state index in [4.69, 9.17) is 4.42 Å². The molecule has 2 aromatic carbocycles. The van der Waals surface area contributed by atoms with Gasteiger partial charge in [-0.25, -0.2) is 4.39 Å². The molecule has 0 radical (unpaired) electrons. The highest BCUT2D eigenvalue weighted by Gasteiger charge is 2.34. The Kier molecular flexibility index (Phi) is 5.76. The fraction of sp³-hybridized carbons (Fsp3) is 0.0455. The van der Waals surface area contributed by atoms with E-state index in [1.807, 2.05) is 0 Å². The van der Waals surface area contributed by atoms with Gasteiger partial charge in [-0.05, 0) is 48.2 Å². The van der Waals surface area contributed by atoms with E-state index in [0.29, 0.717) is 27.0 Å². The molecular weight excluding hydrogens is 405 g/mol. The zero-order valence-electron chi connectivity index (χ0n) is 15.6. The number of para-hydroxylation sites is 1. The summed E-state index contributed by atoms with van der Waals surface area (Å²) in [6.45, 7) is 0.165. The summed E-state index contributed by atoms with van der Waals surface area (Å²) in [5.74, 6) is -0.0900. The second-order valence-corrected chi connectivity index (χ2v) is 7.30. The van der Waals surface area contributed by atoms with E-state index in [0.717, 1.165) is 11.8 Å². The molecule has 1 fully saturated rings. The van der Waals surface area contributed by atoms with E-state index in [-0.39, 0.29) is 18.2 Å². The molecular formula is C22H16FN3O3S. The monoisotopic (exact) mass is 421 g/mol. The highest BCUT2D eigenvalue weighted by Crippen LogP contribution is 2.34. The highest BCUT2D eigenvalue weighted by molar-refractivity contribution is 8.18. The van der Waals surface area contributed by atoms with Crippen LogP contribution in [-0.4, -0.2) is 27.3 Å². The predicted octanol–water partition coefficient (Wildman–Crippen LogP) is 4.63. The summed E-state index contributed by atoms with van der Waals surface area (Å²) in [7, 11) is 0. The van der Waals surface area contributed by atoms with E-state index in [1.54, 1.807) is 54.6 Å². The molecule has 0 spiro atoms. The molecule has 1 aliphatic rings. The van der Waals surface area contributed by atoms with Gasteiger partial charge < -0.3 is 9.52 Å². The van der Waals surface area contributed by atoms with Gasteiger partial charge in [-0.1, -0.05) is 30.3 Å². The van der Waals surface area contributed by atoms with Crippen molar-refractivity contribution < 1.29 is 18.7 Å². The molecule has 1 N–H and O–H groups in total. The van der Waals surface area contributed by atoms with Crippen molar-refractivity contribution in [2.45, 2.75) is 6.54 Å². The van der Waals surface area contributed by atoms with Gasteiger partial charge >= 0.3 is 0 Å². The van der Waals surface area contributed by atoms with Crippen LogP contribution in [0.5, 0.6) is 5.75 Å². The number of phenolic OH excluding ortho intramolecular Hbond substituents is 1. The van der Waals surface area contributed by atoms with Crippen LogP contribution in [0.4, 0.5) is 4.39 Å². The number of halogens is 1. The SMILES string of the molecule is O=C1/C(=C/c2ccccc2F)S/C(=N\N=C\c2ccccc2O)N1Cc1ccco1. The number of aromatic hydroxyl groups is 1. The minimum Gasteiger partial charge on any atom is -0.507 e. The largest absolute Gasteiger partial charge is 0.507 e. The summed E-state index contributed by atoms with van der Waals surface area (Å²) >= 11 is 1.09. The lowest BCUT2D eigenvalue weighted by Gasteiger charge is -2.12. The molecule has 3 aromatic rings. The minimum atomic E-state index is -0.418. The third-order valence-corrected chi connectivity index (χ3v) is 5.25. The normalized spacial score (nSPS) is 17.0. The number of nitrogens with zero attached hydrogens (tertiary/aromatic N) is 3.